The Morgan fingerprint density at radius 2 is 1.65 bits per heavy atom. The van der Waals surface area contributed by atoms with E-state index < -0.39 is 10.0 Å². The molecule has 2 N–H and O–H groups in total. The molecule has 0 aliphatic heterocycles. The molecule has 2 aromatic carbocycles. The highest BCUT2D eigenvalue weighted by molar-refractivity contribution is 9.10. The van der Waals surface area contributed by atoms with Gasteiger partial charge >= 0.3 is 0 Å². The predicted octanol–water partition coefficient (Wildman–Crippen LogP) is 3.51. The first-order valence-corrected chi connectivity index (χ1v) is 8.18. The molecule has 0 saturated carbocycles. The molecule has 0 aliphatic carbocycles. The molecule has 0 aliphatic rings. The number of nitrogens with two attached hydrogens (primary N) is 1. The van der Waals surface area contributed by atoms with Crippen LogP contribution in [-0.2, 0) is 10.0 Å². The number of benzene rings is 2. The maximum atomic E-state index is 11.3. The number of halogens is 1. The molecule has 4 nitrogen and oxygen atoms in total. The number of rotatable bonds is 3. The molecule has 0 heterocycles. The topological polar surface area (TPSA) is 69.4 Å². The lowest BCUT2D eigenvalue weighted by molar-refractivity contribution is 0.478. The Balaban J connectivity index is 2.35. The van der Waals surface area contributed by atoms with Crippen molar-refractivity contribution in [2.24, 2.45) is 5.14 Å². The van der Waals surface area contributed by atoms with Crippen molar-refractivity contribution >= 4 is 26.0 Å². The molecule has 0 radical (unpaired) electrons. The standard InChI is InChI=1S/C14H14BrNO3S/c1-9-5-10(2)7-11(6-9)19-14-4-3-12(8-13(14)15)20(16,17)18/h3-8H,1-2H3,(H2,16,17,18). The van der Waals surface area contributed by atoms with E-state index in [0.717, 1.165) is 11.1 Å². The Labute approximate surface area is 126 Å². The fourth-order valence-corrected chi connectivity index (χ4v) is 3.01. The average molecular weight is 356 g/mol. The van der Waals surface area contributed by atoms with Gasteiger partial charge in [0.05, 0.1) is 9.37 Å². The van der Waals surface area contributed by atoms with Crippen LogP contribution < -0.4 is 9.88 Å². The van der Waals surface area contributed by atoms with E-state index in [9.17, 15) is 8.42 Å². The van der Waals surface area contributed by atoms with Gasteiger partial charge in [-0.15, -0.1) is 0 Å². The van der Waals surface area contributed by atoms with Crippen molar-refractivity contribution < 1.29 is 13.2 Å². The van der Waals surface area contributed by atoms with E-state index in [0.29, 0.717) is 16.0 Å². The second kappa shape index (κ2) is 5.55. The fraction of sp³-hybridized carbons (Fsp3) is 0.143. The molecule has 0 fully saturated rings. The molecule has 0 saturated heterocycles. The summed E-state index contributed by atoms with van der Waals surface area (Å²) in [6.45, 7) is 3.97. The maximum absolute atomic E-state index is 11.3. The third-order valence-electron chi connectivity index (χ3n) is 2.65. The summed E-state index contributed by atoms with van der Waals surface area (Å²) in [6.07, 6.45) is 0. The zero-order valence-corrected chi connectivity index (χ0v) is 13.5. The van der Waals surface area contributed by atoms with Crippen LogP contribution in [0.5, 0.6) is 11.5 Å². The summed E-state index contributed by atoms with van der Waals surface area (Å²) in [7, 11) is -3.71. The van der Waals surface area contributed by atoms with Crippen LogP contribution in [0.3, 0.4) is 0 Å². The molecular weight excluding hydrogens is 342 g/mol. The van der Waals surface area contributed by atoms with E-state index in [1.165, 1.54) is 12.1 Å². The van der Waals surface area contributed by atoms with Crippen LogP contribution in [0.1, 0.15) is 11.1 Å². The minimum atomic E-state index is -3.71. The number of ether oxygens (including phenoxy) is 1. The van der Waals surface area contributed by atoms with Crippen molar-refractivity contribution in [3.63, 3.8) is 0 Å². The van der Waals surface area contributed by atoms with Crippen molar-refractivity contribution in [3.8, 4) is 11.5 Å². The van der Waals surface area contributed by atoms with Crippen LogP contribution in [0.25, 0.3) is 0 Å². The van der Waals surface area contributed by atoms with Crippen LogP contribution in [0.15, 0.2) is 45.8 Å². The van der Waals surface area contributed by atoms with Crippen LogP contribution >= 0.6 is 15.9 Å². The molecule has 106 valence electrons. The Bertz CT molecular complexity index is 737. The maximum Gasteiger partial charge on any atom is 0.238 e. The SMILES string of the molecule is Cc1cc(C)cc(Oc2ccc(S(N)(=O)=O)cc2Br)c1. The first kappa shape index (κ1) is 15.0. The van der Waals surface area contributed by atoms with Crippen LogP contribution in [-0.4, -0.2) is 8.42 Å². The van der Waals surface area contributed by atoms with Gasteiger partial charge in [0.15, 0.2) is 0 Å². The van der Waals surface area contributed by atoms with Gasteiger partial charge in [-0.2, -0.15) is 0 Å². The van der Waals surface area contributed by atoms with Gasteiger partial charge < -0.3 is 4.74 Å². The van der Waals surface area contributed by atoms with Crippen molar-refractivity contribution in [2.75, 3.05) is 0 Å². The highest BCUT2D eigenvalue weighted by Crippen LogP contribution is 2.32. The summed E-state index contributed by atoms with van der Waals surface area (Å²) in [5.74, 6) is 1.23. The smallest absolute Gasteiger partial charge is 0.238 e. The largest absolute Gasteiger partial charge is 0.456 e. The predicted molar refractivity (Wildman–Crippen MR) is 81.5 cm³/mol. The van der Waals surface area contributed by atoms with E-state index in [1.54, 1.807) is 6.07 Å². The lowest BCUT2D eigenvalue weighted by Crippen LogP contribution is -2.11. The zero-order valence-electron chi connectivity index (χ0n) is 11.1. The molecule has 0 bridgehead atoms. The second-order valence-corrected chi connectivity index (χ2v) is 6.98. The average Bonchev–Trinajstić information content (AvgIpc) is 2.29. The first-order chi connectivity index (χ1) is 9.25. The quantitative estimate of drug-likeness (QED) is 0.915. The molecule has 0 atom stereocenters. The van der Waals surface area contributed by atoms with Gasteiger partial charge in [-0.3, -0.25) is 0 Å². The van der Waals surface area contributed by atoms with Gasteiger partial charge in [0.25, 0.3) is 0 Å². The fourth-order valence-electron chi connectivity index (χ4n) is 1.86. The number of hydrogen-bond donors (Lipinski definition) is 1. The van der Waals surface area contributed by atoms with Gasteiger partial charge in [0.2, 0.25) is 10.0 Å². The lowest BCUT2D eigenvalue weighted by atomic mass is 10.1. The van der Waals surface area contributed by atoms with Gasteiger partial charge in [0, 0.05) is 0 Å². The minimum Gasteiger partial charge on any atom is -0.456 e. The molecule has 0 unspecified atom stereocenters. The first-order valence-electron chi connectivity index (χ1n) is 5.84. The minimum absolute atomic E-state index is 0.0390. The number of hydrogen-bond acceptors (Lipinski definition) is 3. The Kier molecular flexibility index (Phi) is 4.17. The summed E-state index contributed by atoms with van der Waals surface area (Å²) in [4.78, 5) is 0.0390. The second-order valence-electron chi connectivity index (χ2n) is 4.56. The van der Waals surface area contributed by atoms with Crippen LogP contribution in [0.2, 0.25) is 0 Å². The van der Waals surface area contributed by atoms with Gasteiger partial charge in [-0.1, -0.05) is 6.07 Å². The monoisotopic (exact) mass is 355 g/mol. The molecule has 6 heteroatoms. The number of primary sulfonamides is 1. The van der Waals surface area contributed by atoms with Gasteiger partial charge in [0.1, 0.15) is 11.5 Å². The highest BCUT2D eigenvalue weighted by atomic mass is 79.9. The molecule has 0 spiro atoms. The van der Waals surface area contributed by atoms with E-state index in [2.05, 4.69) is 15.9 Å². The van der Waals surface area contributed by atoms with E-state index in [1.807, 2.05) is 32.0 Å². The van der Waals surface area contributed by atoms with Crippen LogP contribution in [0, 0.1) is 13.8 Å². The van der Waals surface area contributed by atoms with Crippen molar-refractivity contribution in [1.29, 1.82) is 0 Å². The summed E-state index contributed by atoms with van der Waals surface area (Å²) >= 11 is 3.29. The van der Waals surface area contributed by atoms with Crippen LogP contribution in [0.4, 0.5) is 0 Å². The number of sulfonamides is 1. The zero-order chi connectivity index (χ0) is 14.9. The molecule has 0 aromatic heterocycles. The Hall–Kier alpha value is -1.37. The third-order valence-corrected chi connectivity index (χ3v) is 4.19. The van der Waals surface area contributed by atoms with E-state index >= 15 is 0 Å². The molecule has 2 rings (SSSR count). The van der Waals surface area contributed by atoms with Gasteiger partial charge in [-0.25, -0.2) is 13.6 Å². The molecule has 2 aromatic rings. The van der Waals surface area contributed by atoms with E-state index in [-0.39, 0.29) is 4.90 Å². The highest BCUT2D eigenvalue weighted by Gasteiger charge is 2.11. The summed E-state index contributed by atoms with van der Waals surface area (Å²) in [5.41, 5.74) is 2.19. The third kappa shape index (κ3) is 3.59. The summed E-state index contributed by atoms with van der Waals surface area (Å²) < 4.78 is 28.8. The Morgan fingerprint density at radius 1 is 1.05 bits per heavy atom. The summed E-state index contributed by atoms with van der Waals surface area (Å²) in [5, 5.41) is 5.08. The summed E-state index contributed by atoms with van der Waals surface area (Å²) in [6, 6.07) is 10.3. The van der Waals surface area contributed by atoms with Gasteiger partial charge in [-0.05, 0) is 71.2 Å². The number of aryl methyl sites for hydroxylation is 2. The molecular formula is C14H14BrNO3S. The Morgan fingerprint density at radius 3 is 2.15 bits per heavy atom. The molecule has 0 amide bonds. The van der Waals surface area contributed by atoms with Crippen molar-refractivity contribution in [1.82, 2.24) is 0 Å². The lowest BCUT2D eigenvalue weighted by Gasteiger charge is -2.10. The normalized spacial score (nSPS) is 11.4. The molecule has 20 heavy (non-hydrogen) atoms. The van der Waals surface area contributed by atoms with Crippen molar-refractivity contribution in [2.45, 2.75) is 18.7 Å². The van der Waals surface area contributed by atoms with Crippen molar-refractivity contribution in [3.05, 3.63) is 52.0 Å². The van der Waals surface area contributed by atoms with E-state index in [4.69, 9.17) is 9.88 Å².